The number of carbonyl (C=O) groups excluding carboxylic acids is 3. The van der Waals surface area contributed by atoms with E-state index in [0.717, 1.165) is 25.7 Å². The van der Waals surface area contributed by atoms with Gasteiger partial charge in [0.1, 0.15) is 0 Å². The van der Waals surface area contributed by atoms with Crippen LogP contribution in [0, 0.1) is 0 Å². The zero-order valence-electron chi connectivity index (χ0n) is 16.8. The maximum absolute atomic E-state index is 12.6. The van der Waals surface area contributed by atoms with Crippen molar-refractivity contribution >= 4 is 46.4 Å². The molecule has 1 saturated carbocycles. The molecule has 2 aromatic carbocycles. The Kier molecular flexibility index (Phi) is 7.30. The van der Waals surface area contributed by atoms with Crippen molar-refractivity contribution in [1.82, 2.24) is 5.32 Å². The summed E-state index contributed by atoms with van der Waals surface area (Å²) in [6.07, 6.45) is 4.23. The quantitative estimate of drug-likeness (QED) is 0.535. The fraction of sp³-hybridized carbons (Fsp3) is 0.318. The lowest BCUT2D eigenvalue weighted by Gasteiger charge is -2.15. The first-order valence-corrected chi connectivity index (χ1v) is 10.3. The van der Waals surface area contributed by atoms with Crippen molar-refractivity contribution in [1.29, 1.82) is 0 Å². The molecule has 1 aliphatic carbocycles. The van der Waals surface area contributed by atoms with Crippen LogP contribution < -0.4 is 21.3 Å². The number of hydrogen-bond acceptors (Lipinski definition) is 4. The van der Waals surface area contributed by atoms with Crippen molar-refractivity contribution in [3.8, 4) is 0 Å². The largest absolute Gasteiger partial charge is 0.375 e. The highest BCUT2D eigenvalue weighted by molar-refractivity contribution is 6.33. The summed E-state index contributed by atoms with van der Waals surface area (Å²) in [6.45, 7) is 1.36. The number of rotatable bonds is 7. The third kappa shape index (κ3) is 5.97. The Morgan fingerprint density at radius 1 is 1.00 bits per heavy atom. The normalized spacial score (nSPS) is 13.5. The second kappa shape index (κ2) is 10.1. The maximum atomic E-state index is 12.6. The summed E-state index contributed by atoms with van der Waals surface area (Å²) in [5.41, 5.74) is 1.98. The second-order valence-corrected chi connectivity index (χ2v) is 7.69. The van der Waals surface area contributed by atoms with E-state index < -0.39 is 0 Å². The van der Waals surface area contributed by atoms with E-state index in [0.29, 0.717) is 27.6 Å². The average molecular weight is 429 g/mol. The number of benzene rings is 2. The molecular formula is C22H25ClN4O3. The van der Waals surface area contributed by atoms with E-state index >= 15 is 0 Å². The number of halogens is 1. The summed E-state index contributed by atoms with van der Waals surface area (Å²) < 4.78 is 0. The fourth-order valence-corrected chi connectivity index (χ4v) is 3.62. The van der Waals surface area contributed by atoms with Gasteiger partial charge < -0.3 is 21.3 Å². The molecular weight excluding hydrogens is 404 g/mol. The van der Waals surface area contributed by atoms with Gasteiger partial charge in [0, 0.05) is 18.7 Å². The third-order valence-corrected chi connectivity index (χ3v) is 5.19. The fourth-order valence-electron chi connectivity index (χ4n) is 3.44. The molecule has 0 aliphatic heterocycles. The van der Waals surface area contributed by atoms with E-state index in [1.165, 1.54) is 6.92 Å². The van der Waals surface area contributed by atoms with Crippen LogP contribution in [0.2, 0.25) is 5.02 Å². The van der Waals surface area contributed by atoms with Crippen LogP contribution in [0.3, 0.4) is 0 Å². The zero-order chi connectivity index (χ0) is 21.5. The molecule has 30 heavy (non-hydrogen) atoms. The molecule has 158 valence electrons. The number of nitrogens with one attached hydrogen (secondary N) is 4. The zero-order valence-corrected chi connectivity index (χ0v) is 17.5. The van der Waals surface area contributed by atoms with Crippen molar-refractivity contribution in [3.05, 3.63) is 53.1 Å². The van der Waals surface area contributed by atoms with Crippen molar-refractivity contribution in [2.45, 2.75) is 38.6 Å². The van der Waals surface area contributed by atoms with Gasteiger partial charge in [-0.25, -0.2) is 0 Å². The van der Waals surface area contributed by atoms with Crippen molar-refractivity contribution in [2.24, 2.45) is 0 Å². The van der Waals surface area contributed by atoms with Crippen LogP contribution >= 0.6 is 11.6 Å². The molecule has 3 amide bonds. The van der Waals surface area contributed by atoms with E-state index in [2.05, 4.69) is 21.3 Å². The lowest BCUT2D eigenvalue weighted by Crippen LogP contribution is -2.33. The van der Waals surface area contributed by atoms with Gasteiger partial charge in [-0.15, -0.1) is 0 Å². The van der Waals surface area contributed by atoms with Gasteiger partial charge in [0.2, 0.25) is 11.8 Å². The first kappa shape index (κ1) is 21.6. The Morgan fingerprint density at radius 3 is 2.47 bits per heavy atom. The molecule has 2 aromatic rings. The van der Waals surface area contributed by atoms with Gasteiger partial charge in [0.15, 0.2) is 0 Å². The van der Waals surface area contributed by atoms with Crippen LogP contribution in [-0.2, 0) is 9.59 Å². The van der Waals surface area contributed by atoms with Crippen LogP contribution in [0.5, 0.6) is 0 Å². The lowest BCUT2D eigenvalue weighted by atomic mass is 10.1. The van der Waals surface area contributed by atoms with Crippen molar-refractivity contribution in [3.63, 3.8) is 0 Å². The topological polar surface area (TPSA) is 99.3 Å². The maximum Gasteiger partial charge on any atom is 0.253 e. The van der Waals surface area contributed by atoms with E-state index in [-0.39, 0.29) is 30.3 Å². The predicted molar refractivity (Wildman–Crippen MR) is 119 cm³/mol. The number of amides is 3. The number of hydrogen-bond donors (Lipinski definition) is 4. The standard InChI is InChI=1S/C22H25ClN4O3/c1-14(28)25-16-10-11-18(23)20(12-16)24-13-21(29)27-19-9-5-4-8-17(19)22(30)26-15-6-2-3-7-15/h4-5,8-12,15,24H,2-3,6-7,13H2,1H3,(H,25,28)(H,26,30)(H,27,29). The molecule has 1 fully saturated rings. The van der Waals surface area contributed by atoms with Crippen molar-refractivity contribution in [2.75, 3.05) is 22.5 Å². The third-order valence-electron chi connectivity index (χ3n) is 4.86. The minimum absolute atomic E-state index is 0.0537. The van der Waals surface area contributed by atoms with Gasteiger partial charge in [-0.05, 0) is 43.2 Å². The summed E-state index contributed by atoms with van der Waals surface area (Å²) >= 11 is 6.16. The Hall–Kier alpha value is -3.06. The monoisotopic (exact) mass is 428 g/mol. The molecule has 8 heteroatoms. The van der Waals surface area contributed by atoms with Gasteiger partial charge >= 0.3 is 0 Å². The highest BCUT2D eigenvalue weighted by atomic mass is 35.5. The molecule has 0 saturated heterocycles. The number of carbonyl (C=O) groups is 3. The Balaban J connectivity index is 1.61. The molecule has 0 aromatic heterocycles. The van der Waals surface area contributed by atoms with Crippen LogP contribution in [-0.4, -0.2) is 30.3 Å². The summed E-state index contributed by atoms with van der Waals surface area (Å²) in [4.78, 5) is 36.3. The summed E-state index contributed by atoms with van der Waals surface area (Å²) in [7, 11) is 0. The van der Waals surface area contributed by atoms with E-state index in [4.69, 9.17) is 11.6 Å². The highest BCUT2D eigenvalue weighted by Crippen LogP contribution is 2.25. The van der Waals surface area contributed by atoms with E-state index in [1.54, 1.807) is 42.5 Å². The van der Waals surface area contributed by atoms with Crippen molar-refractivity contribution < 1.29 is 14.4 Å². The molecule has 0 bridgehead atoms. The second-order valence-electron chi connectivity index (χ2n) is 7.28. The molecule has 3 rings (SSSR count). The molecule has 0 heterocycles. The average Bonchev–Trinajstić information content (AvgIpc) is 3.21. The molecule has 0 radical (unpaired) electrons. The SMILES string of the molecule is CC(=O)Nc1ccc(Cl)c(NCC(=O)Nc2ccccc2C(=O)NC2CCCC2)c1. The highest BCUT2D eigenvalue weighted by Gasteiger charge is 2.20. The molecule has 0 atom stereocenters. The first-order chi connectivity index (χ1) is 14.4. The first-order valence-electron chi connectivity index (χ1n) is 9.93. The van der Waals surface area contributed by atoms with E-state index in [1.807, 2.05) is 0 Å². The summed E-state index contributed by atoms with van der Waals surface area (Å²) in [5, 5.41) is 11.9. The minimum atomic E-state index is -0.322. The Bertz CT molecular complexity index is 942. The van der Waals surface area contributed by atoms with Gasteiger partial charge in [-0.1, -0.05) is 36.6 Å². The Morgan fingerprint density at radius 2 is 1.73 bits per heavy atom. The molecule has 0 spiro atoms. The Labute approximate surface area is 180 Å². The van der Waals surface area contributed by atoms with Gasteiger partial charge in [0.05, 0.1) is 28.5 Å². The number of para-hydroxylation sites is 1. The predicted octanol–water partition coefficient (Wildman–Crippen LogP) is 4.02. The van der Waals surface area contributed by atoms with Crippen LogP contribution in [0.1, 0.15) is 43.0 Å². The molecule has 7 nitrogen and oxygen atoms in total. The number of anilines is 3. The molecule has 0 unspecified atom stereocenters. The summed E-state index contributed by atoms with van der Waals surface area (Å²) in [5.74, 6) is -0.706. The minimum Gasteiger partial charge on any atom is -0.375 e. The van der Waals surface area contributed by atoms with E-state index in [9.17, 15) is 14.4 Å². The van der Waals surface area contributed by atoms with Gasteiger partial charge in [-0.3, -0.25) is 14.4 Å². The smallest absolute Gasteiger partial charge is 0.253 e. The molecule has 4 N–H and O–H groups in total. The van der Waals surface area contributed by atoms with Gasteiger partial charge in [-0.2, -0.15) is 0 Å². The van der Waals surface area contributed by atoms with Crippen LogP contribution in [0.15, 0.2) is 42.5 Å². The summed E-state index contributed by atoms with van der Waals surface area (Å²) in [6, 6.07) is 12.1. The molecule has 1 aliphatic rings. The van der Waals surface area contributed by atoms with Gasteiger partial charge in [0.25, 0.3) is 5.91 Å². The van der Waals surface area contributed by atoms with Crippen LogP contribution in [0.4, 0.5) is 17.1 Å². The van der Waals surface area contributed by atoms with Crippen LogP contribution in [0.25, 0.3) is 0 Å². The lowest BCUT2D eigenvalue weighted by molar-refractivity contribution is -0.115.